The van der Waals surface area contributed by atoms with Gasteiger partial charge in [-0.05, 0) is 22.0 Å². The van der Waals surface area contributed by atoms with Crippen LogP contribution in [-0.4, -0.2) is 11.4 Å². The summed E-state index contributed by atoms with van der Waals surface area (Å²) in [4.78, 5) is 12.4. The maximum atomic E-state index is 8.58. The fourth-order valence-corrected chi connectivity index (χ4v) is 0.811. The molecule has 0 radical (unpaired) electrons. The zero-order valence-electron chi connectivity index (χ0n) is 5.70. The zero-order chi connectivity index (χ0) is 8.69. The van der Waals surface area contributed by atoms with Gasteiger partial charge in [-0.2, -0.15) is 0 Å². The first-order valence-electron chi connectivity index (χ1n) is 2.72. The molecule has 0 atom stereocenters. The number of anilines is 1. The molecule has 0 aliphatic carbocycles. The third-order valence-electron chi connectivity index (χ3n) is 0.726. The van der Waals surface area contributed by atoms with Crippen molar-refractivity contribution in [2.45, 2.75) is 0 Å². The van der Waals surface area contributed by atoms with Crippen molar-refractivity contribution in [3.05, 3.63) is 22.9 Å². The minimum absolute atomic E-state index is 0.250. The number of carbonyl (C=O) groups is 1. The van der Waals surface area contributed by atoms with Crippen molar-refractivity contribution in [2.24, 2.45) is 5.73 Å². The summed E-state index contributed by atoms with van der Waals surface area (Å²) in [5.74, 6) is 0. The quantitative estimate of drug-likeness (QED) is 0.623. The molecule has 1 aromatic heterocycles. The molecular weight excluding hydrogens is 210 g/mol. The van der Waals surface area contributed by atoms with E-state index in [1.54, 1.807) is 18.5 Å². The average molecular weight is 218 g/mol. The second-order valence-electron chi connectivity index (χ2n) is 1.57. The Bertz CT molecular complexity index is 212. The molecule has 0 spiro atoms. The van der Waals surface area contributed by atoms with Crippen molar-refractivity contribution in [2.75, 3.05) is 5.73 Å². The van der Waals surface area contributed by atoms with E-state index >= 15 is 0 Å². The van der Waals surface area contributed by atoms with Crippen LogP contribution in [0.25, 0.3) is 0 Å². The number of pyridine rings is 1. The number of halogens is 1. The molecule has 0 fully saturated rings. The third kappa shape index (κ3) is 5.35. The lowest BCUT2D eigenvalue weighted by Crippen LogP contribution is -1.83. The number of aromatic nitrogens is 1. The topological polar surface area (TPSA) is 82.0 Å². The summed E-state index contributed by atoms with van der Waals surface area (Å²) in [6.07, 6.45) is 3.54. The van der Waals surface area contributed by atoms with Crippen molar-refractivity contribution in [3.63, 3.8) is 0 Å². The van der Waals surface area contributed by atoms with E-state index in [1.807, 2.05) is 0 Å². The number of amides is 1. The van der Waals surface area contributed by atoms with Crippen molar-refractivity contribution < 1.29 is 4.79 Å². The van der Waals surface area contributed by atoms with Gasteiger partial charge in [0.1, 0.15) is 0 Å². The predicted octanol–water partition coefficient (Wildman–Crippen LogP) is 0.528. The Morgan fingerprint density at radius 3 is 2.36 bits per heavy atom. The second kappa shape index (κ2) is 5.67. The van der Waals surface area contributed by atoms with E-state index in [0.29, 0.717) is 5.69 Å². The van der Waals surface area contributed by atoms with Crippen molar-refractivity contribution in [1.82, 2.24) is 4.98 Å². The Hall–Kier alpha value is -1.10. The monoisotopic (exact) mass is 217 g/mol. The third-order valence-corrected chi connectivity index (χ3v) is 1.16. The van der Waals surface area contributed by atoms with Crippen LogP contribution in [0.2, 0.25) is 0 Å². The number of primary amides is 1. The van der Waals surface area contributed by atoms with Gasteiger partial charge in [0.2, 0.25) is 6.41 Å². The lowest BCUT2D eigenvalue weighted by atomic mass is 10.4. The van der Waals surface area contributed by atoms with Crippen LogP contribution in [0.5, 0.6) is 0 Å². The van der Waals surface area contributed by atoms with E-state index in [-0.39, 0.29) is 6.41 Å². The van der Waals surface area contributed by atoms with Crippen LogP contribution in [0.1, 0.15) is 0 Å². The van der Waals surface area contributed by atoms with Crippen LogP contribution >= 0.6 is 15.9 Å². The lowest BCUT2D eigenvalue weighted by molar-refractivity contribution is -0.106. The van der Waals surface area contributed by atoms with Gasteiger partial charge in [-0.3, -0.25) is 9.78 Å². The standard InChI is InChI=1S/C5H5BrN2.CH3NO/c6-4-1-5(7)3-8-2-4;2-1-3/h1-3H,7H2;1H,(H2,2,3). The Kier molecular flexibility index (Phi) is 5.10. The minimum Gasteiger partial charge on any atom is -0.397 e. The molecule has 0 saturated carbocycles. The maximum absolute atomic E-state index is 8.58. The predicted molar refractivity (Wildman–Crippen MR) is 46.6 cm³/mol. The van der Waals surface area contributed by atoms with E-state index in [4.69, 9.17) is 10.5 Å². The van der Waals surface area contributed by atoms with Gasteiger partial charge in [-0.25, -0.2) is 0 Å². The summed E-state index contributed by atoms with van der Waals surface area (Å²) in [5, 5.41) is 0. The molecule has 5 heteroatoms. The van der Waals surface area contributed by atoms with Gasteiger partial charge in [0.05, 0.1) is 5.69 Å². The Labute approximate surface area is 72.7 Å². The summed E-state index contributed by atoms with van der Waals surface area (Å²) >= 11 is 3.22. The highest BCUT2D eigenvalue weighted by atomic mass is 79.9. The van der Waals surface area contributed by atoms with Crippen LogP contribution in [0.15, 0.2) is 22.9 Å². The van der Waals surface area contributed by atoms with E-state index in [9.17, 15) is 0 Å². The van der Waals surface area contributed by atoms with Crippen LogP contribution in [0.4, 0.5) is 5.69 Å². The molecule has 60 valence electrons. The number of hydrogen-bond donors (Lipinski definition) is 2. The molecule has 4 N–H and O–H groups in total. The normalized spacial score (nSPS) is 7.73. The molecule has 0 aliphatic rings. The molecule has 1 aromatic rings. The molecule has 0 bridgehead atoms. The highest BCUT2D eigenvalue weighted by Crippen LogP contribution is 2.09. The molecule has 11 heavy (non-hydrogen) atoms. The van der Waals surface area contributed by atoms with Gasteiger partial charge in [-0.1, -0.05) is 0 Å². The summed E-state index contributed by atoms with van der Waals surface area (Å²) in [5.41, 5.74) is 10.2. The van der Waals surface area contributed by atoms with E-state index < -0.39 is 0 Å². The van der Waals surface area contributed by atoms with Gasteiger partial charge in [0, 0.05) is 16.9 Å². The SMILES string of the molecule is NC=O.Nc1cncc(Br)c1. The van der Waals surface area contributed by atoms with Gasteiger partial charge < -0.3 is 11.5 Å². The summed E-state index contributed by atoms with van der Waals surface area (Å²) in [7, 11) is 0. The highest BCUT2D eigenvalue weighted by Gasteiger charge is 1.84. The number of nitrogens with two attached hydrogens (primary N) is 2. The molecule has 1 heterocycles. The number of rotatable bonds is 0. The van der Waals surface area contributed by atoms with E-state index in [1.165, 1.54) is 0 Å². The fraction of sp³-hybridized carbons (Fsp3) is 0. The van der Waals surface area contributed by atoms with Crippen LogP contribution in [0.3, 0.4) is 0 Å². The molecular formula is C6H8BrN3O. The minimum atomic E-state index is 0.250. The molecule has 1 amide bonds. The summed E-state index contributed by atoms with van der Waals surface area (Å²) in [6.45, 7) is 0. The highest BCUT2D eigenvalue weighted by molar-refractivity contribution is 9.10. The molecule has 0 aliphatic heterocycles. The van der Waals surface area contributed by atoms with Crippen LogP contribution < -0.4 is 11.5 Å². The number of hydrogen-bond acceptors (Lipinski definition) is 3. The summed E-state index contributed by atoms with van der Waals surface area (Å²) < 4.78 is 0.914. The number of nitrogens with zero attached hydrogens (tertiary/aromatic N) is 1. The molecule has 0 unspecified atom stereocenters. The number of nitrogen functional groups attached to an aromatic ring is 1. The Morgan fingerprint density at radius 2 is 2.09 bits per heavy atom. The first-order chi connectivity index (χ1) is 5.20. The first kappa shape index (κ1) is 9.90. The fourth-order valence-electron chi connectivity index (χ4n) is 0.428. The Morgan fingerprint density at radius 1 is 1.55 bits per heavy atom. The number of carbonyl (C=O) groups excluding carboxylic acids is 1. The van der Waals surface area contributed by atoms with Gasteiger partial charge in [0.15, 0.2) is 0 Å². The van der Waals surface area contributed by atoms with E-state index in [2.05, 4.69) is 26.6 Å². The summed E-state index contributed by atoms with van der Waals surface area (Å²) in [6, 6.07) is 1.80. The smallest absolute Gasteiger partial charge is 0.204 e. The molecule has 4 nitrogen and oxygen atoms in total. The lowest BCUT2D eigenvalue weighted by Gasteiger charge is -1.88. The van der Waals surface area contributed by atoms with Crippen molar-refractivity contribution in [3.8, 4) is 0 Å². The van der Waals surface area contributed by atoms with Crippen LogP contribution in [0, 0.1) is 0 Å². The Balaban J connectivity index is 0.000000292. The van der Waals surface area contributed by atoms with Crippen molar-refractivity contribution >= 4 is 28.0 Å². The molecule has 1 rings (SSSR count). The van der Waals surface area contributed by atoms with Gasteiger partial charge in [0.25, 0.3) is 0 Å². The molecule has 0 saturated heterocycles. The largest absolute Gasteiger partial charge is 0.397 e. The van der Waals surface area contributed by atoms with Gasteiger partial charge in [-0.15, -0.1) is 0 Å². The first-order valence-corrected chi connectivity index (χ1v) is 3.51. The van der Waals surface area contributed by atoms with Gasteiger partial charge >= 0.3 is 0 Å². The van der Waals surface area contributed by atoms with Crippen LogP contribution in [-0.2, 0) is 4.79 Å². The van der Waals surface area contributed by atoms with Crippen molar-refractivity contribution in [1.29, 1.82) is 0 Å². The average Bonchev–Trinajstić information content (AvgIpc) is 1.88. The second-order valence-corrected chi connectivity index (χ2v) is 2.49. The maximum Gasteiger partial charge on any atom is 0.204 e. The molecule has 0 aromatic carbocycles. The zero-order valence-corrected chi connectivity index (χ0v) is 7.28. The van der Waals surface area contributed by atoms with E-state index in [0.717, 1.165) is 4.47 Å².